The maximum atomic E-state index is 10.8. The first-order valence-corrected chi connectivity index (χ1v) is 13.5. The van der Waals surface area contributed by atoms with E-state index in [1.807, 2.05) is 43.3 Å². The minimum atomic E-state index is -0.987. The Balaban J connectivity index is 1.55. The first-order chi connectivity index (χ1) is 17.4. The molecule has 0 bridgehead atoms. The van der Waals surface area contributed by atoms with Gasteiger partial charge in [-0.15, -0.1) is 11.8 Å². The Morgan fingerprint density at radius 2 is 1.64 bits per heavy atom. The molecule has 4 rings (SSSR count). The number of carboxylic acids is 1. The summed E-state index contributed by atoms with van der Waals surface area (Å²) in [6.45, 7) is 1.58. The SMILES string of the molecule is Cc1cc(SC/C=C(\c2ccc(Br)cc2)c2ccc(-c3cccc(Cl)c3)cc2)ccc1OCC(=O)O. The molecule has 0 aliphatic rings. The molecule has 0 heterocycles. The molecule has 0 amide bonds. The lowest BCUT2D eigenvalue weighted by molar-refractivity contribution is -0.139. The summed E-state index contributed by atoms with van der Waals surface area (Å²) < 4.78 is 6.38. The van der Waals surface area contributed by atoms with Crippen LogP contribution in [0.3, 0.4) is 0 Å². The number of halogens is 2. The number of rotatable bonds is 9. The number of benzene rings is 4. The lowest BCUT2D eigenvalue weighted by atomic mass is 9.95. The van der Waals surface area contributed by atoms with E-state index >= 15 is 0 Å². The first kappa shape index (κ1) is 26.1. The second kappa shape index (κ2) is 12.3. The second-order valence-electron chi connectivity index (χ2n) is 8.13. The standard InChI is InChI=1S/C30H24BrClO3S/c1-20-17-27(13-14-29(20)35-19-30(33)34)36-16-15-28(23-9-11-25(31)12-10-23)22-7-5-21(6-8-22)24-3-2-4-26(32)18-24/h2-15,17-18H,16,19H2,1H3,(H,33,34)/b28-15-. The van der Waals surface area contributed by atoms with E-state index in [0.29, 0.717) is 5.75 Å². The van der Waals surface area contributed by atoms with Crippen molar-refractivity contribution in [1.29, 1.82) is 0 Å². The smallest absolute Gasteiger partial charge is 0.341 e. The lowest BCUT2D eigenvalue weighted by Gasteiger charge is -2.12. The minimum Gasteiger partial charge on any atom is -0.482 e. The van der Waals surface area contributed by atoms with Crippen molar-refractivity contribution in [2.24, 2.45) is 0 Å². The van der Waals surface area contributed by atoms with Gasteiger partial charge >= 0.3 is 5.97 Å². The zero-order chi connectivity index (χ0) is 25.5. The van der Waals surface area contributed by atoms with Gasteiger partial charge in [0.1, 0.15) is 5.75 Å². The van der Waals surface area contributed by atoms with Gasteiger partial charge in [0.15, 0.2) is 6.61 Å². The molecule has 6 heteroatoms. The largest absolute Gasteiger partial charge is 0.482 e. The van der Waals surface area contributed by atoms with Gasteiger partial charge in [0.25, 0.3) is 0 Å². The van der Waals surface area contributed by atoms with Gasteiger partial charge in [-0.1, -0.05) is 82.1 Å². The number of carbonyl (C=O) groups is 1. The molecule has 4 aromatic carbocycles. The van der Waals surface area contributed by atoms with Crippen LogP contribution in [0, 0.1) is 6.92 Å². The normalized spacial score (nSPS) is 11.4. The Kier molecular flexibility index (Phi) is 8.92. The molecule has 1 N–H and O–H groups in total. The second-order valence-corrected chi connectivity index (χ2v) is 10.6. The number of aryl methyl sites for hydroxylation is 1. The van der Waals surface area contributed by atoms with E-state index in [1.165, 1.54) is 0 Å². The molecule has 3 nitrogen and oxygen atoms in total. The molecule has 0 aliphatic heterocycles. The van der Waals surface area contributed by atoms with Gasteiger partial charge in [-0.25, -0.2) is 4.79 Å². The van der Waals surface area contributed by atoms with Gasteiger partial charge in [0.05, 0.1) is 0 Å². The van der Waals surface area contributed by atoms with Crippen molar-refractivity contribution < 1.29 is 14.6 Å². The highest BCUT2D eigenvalue weighted by Crippen LogP contribution is 2.31. The summed E-state index contributed by atoms with van der Waals surface area (Å²) in [6, 6.07) is 30.6. The third kappa shape index (κ3) is 7.03. The summed E-state index contributed by atoms with van der Waals surface area (Å²) in [7, 11) is 0. The fourth-order valence-electron chi connectivity index (χ4n) is 3.78. The van der Waals surface area contributed by atoms with E-state index in [2.05, 4.69) is 76.6 Å². The van der Waals surface area contributed by atoms with Crippen molar-refractivity contribution >= 4 is 50.8 Å². The van der Waals surface area contributed by atoms with Crippen LogP contribution < -0.4 is 4.74 Å². The molecule has 0 fully saturated rings. The molecule has 0 aromatic heterocycles. The van der Waals surface area contributed by atoms with Crippen molar-refractivity contribution in [3.8, 4) is 16.9 Å². The summed E-state index contributed by atoms with van der Waals surface area (Å²) >= 11 is 11.4. The quantitative estimate of drug-likeness (QED) is 0.201. The van der Waals surface area contributed by atoms with Gasteiger partial charge in [-0.3, -0.25) is 0 Å². The number of carboxylic acid groups (broad SMARTS) is 1. The van der Waals surface area contributed by atoms with Gasteiger partial charge in [-0.05, 0) is 82.8 Å². The van der Waals surface area contributed by atoms with Gasteiger partial charge in [0, 0.05) is 20.1 Å². The third-order valence-corrected chi connectivity index (χ3v) is 7.23. The molecule has 0 atom stereocenters. The molecule has 0 spiro atoms. The highest BCUT2D eigenvalue weighted by Gasteiger charge is 2.08. The Morgan fingerprint density at radius 1 is 0.944 bits per heavy atom. The predicted octanol–water partition coefficient (Wildman–Crippen LogP) is 8.77. The van der Waals surface area contributed by atoms with Crippen LogP contribution in [-0.2, 0) is 4.79 Å². The monoisotopic (exact) mass is 578 g/mol. The van der Waals surface area contributed by atoms with Crippen molar-refractivity contribution in [1.82, 2.24) is 0 Å². The first-order valence-electron chi connectivity index (χ1n) is 11.3. The molecule has 4 aromatic rings. The summed E-state index contributed by atoms with van der Waals surface area (Å²) in [5.41, 5.74) is 6.55. The maximum Gasteiger partial charge on any atom is 0.341 e. The average Bonchev–Trinajstić information content (AvgIpc) is 2.87. The number of ether oxygens (including phenoxy) is 1. The van der Waals surface area contributed by atoms with E-state index < -0.39 is 5.97 Å². The number of hydrogen-bond donors (Lipinski definition) is 1. The summed E-state index contributed by atoms with van der Waals surface area (Å²) in [5, 5.41) is 9.56. The highest BCUT2D eigenvalue weighted by atomic mass is 79.9. The molecule has 182 valence electrons. The Hall–Kier alpha value is -2.99. The average molecular weight is 580 g/mol. The van der Waals surface area contributed by atoms with Crippen LogP contribution in [0.2, 0.25) is 5.02 Å². The summed E-state index contributed by atoms with van der Waals surface area (Å²) in [5.74, 6) is 0.377. The van der Waals surface area contributed by atoms with E-state index in [-0.39, 0.29) is 6.61 Å². The van der Waals surface area contributed by atoms with E-state index in [4.69, 9.17) is 21.4 Å². The minimum absolute atomic E-state index is 0.345. The molecular formula is C30H24BrClO3S. The molecule has 36 heavy (non-hydrogen) atoms. The van der Waals surface area contributed by atoms with Crippen LogP contribution in [0.5, 0.6) is 5.75 Å². The third-order valence-electron chi connectivity index (χ3n) is 5.54. The van der Waals surface area contributed by atoms with E-state index in [1.54, 1.807) is 11.8 Å². The molecular weight excluding hydrogens is 556 g/mol. The molecule has 0 aliphatic carbocycles. The predicted molar refractivity (Wildman–Crippen MR) is 153 cm³/mol. The van der Waals surface area contributed by atoms with Crippen LogP contribution in [0.1, 0.15) is 16.7 Å². The zero-order valence-electron chi connectivity index (χ0n) is 19.6. The lowest BCUT2D eigenvalue weighted by Crippen LogP contribution is -2.09. The van der Waals surface area contributed by atoms with Gasteiger partial charge < -0.3 is 9.84 Å². The number of thioether (sulfide) groups is 1. The van der Waals surface area contributed by atoms with E-state index in [9.17, 15) is 4.79 Å². The number of aliphatic carboxylic acids is 1. The van der Waals surface area contributed by atoms with Crippen LogP contribution in [0.25, 0.3) is 16.7 Å². The Morgan fingerprint density at radius 3 is 2.28 bits per heavy atom. The topological polar surface area (TPSA) is 46.5 Å². The Labute approximate surface area is 228 Å². The Bertz CT molecular complexity index is 1380. The van der Waals surface area contributed by atoms with Gasteiger partial charge in [-0.2, -0.15) is 0 Å². The zero-order valence-corrected chi connectivity index (χ0v) is 22.7. The molecule has 0 saturated carbocycles. The van der Waals surface area contributed by atoms with Crippen molar-refractivity contribution in [3.05, 3.63) is 123 Å². The van der Waals surface area contributed by atoms with Crippen LogP contribution in [0.4, 0.5) is 0 Å². The summed E-state index contributed by atoms with van der Waals surface area (Å²) in [4.78, 5) is 11.9. The fraction of sp³-hybridized carbons (Fsp3) is 0.100. The van der Waals surface area contributed by atoms with Crippen LogP contribution in [-0.4, -0.2) is 23.4 Å². The summed E-state index contributed by atoms with van der Waals surface area (Å²) in [6.07, 6.45) is 2.24. The maximum absolute atomic E-state index is 10.8. The van der Waals surface area contributed by atoms with Crippen molar-refractivity contribution in [3.63, 3.8) is 0 Å². The number of hydrogen-bond acceptors (Lipinski definition) is 3. The fourth-order valence-corrected chi connectivity index (χ4v) is 5.10. The van der Waals surface area contributed by atoms with E-state index in [0.717, 1.165) is 53.5 Å². The molecule has 0 unspecified atom stereocenters. The molecule has 0 saturated heterocycles. The van der Waals surface area contributed by atoms with Crippen molar-refractivity contribution in [2.45, 2.75) is 11.8 Å². The van der Waals surface area contributed by atoms with Gasteiger partial charge in [0.2, 0.25) is 0 Å². The van der Waals surface area contributed by atoms with Crippen LogP contribution in [0.15, 0.2) is 106 Å². The highest BCUT2D eigenvalue weighted by molar-refractivity contribution is 9.10. The van der Waals surface area contributed by atoms with Crippen LogP contribution >= 0.6 is 39.3 Å². The molecule has 0 radical (unpaired) electrons. The van der Waals surface area contributed by atoms with Crippen molar-refractivity contribution in [2.75, 3.05) is 12.4 Å².